The lowest BCUT2D eigenvalue weighted by Crippen LogP contribution is -2.65. The minimum atomic E-state index is -0.275. The number of primary amides is 1. The molecule has 2 fully saturated rings. The summed E-state index contributed by atoms with van der Waals surface area (Å²) in [6.07, 6.45) is 3.01. The molecule has 2 aliphatic rings. The van der Waals surface area contributed by atoms with E-state index in [1.807, 2.05) is 0 Å². The monoisotopic (exact) mass is 170 g/mol. The van der Waals surface area contributed by atoms with Crippen LogP contribution in [0.2, 0.25) is 0 Å². The number of hydrogen-bond acceptors (Lipinski definition) is 2. The Morgan fingerprint density at radius 1 is 1.33 bits per heavy atom. The van der Waals surface area contributed by atoms with Gasteiger partial charge in [-0.2, -0.15) is 0 Å². The van der Waals surface area contributed by atoms with Crippen LogP contribution in [-0.2, 0) is 4.74 Å². The molecular formula is C8H14N2O2. The van der Waals surface area contributed by atoms with E-state index in [4.69, 9.17) is 10.5 Å². The van der Waals surface area contributed by atoms with Gasteiger partial charge in [0, 0.05) is 19.8 Å². The highest BCUT2D eigenvalue weighted by Gasteiger charge is 2.47. The summed E-state index contributed by atoms with van der Waals surface area (Å²) in [5.41, 5.74) is 5.32. The molecule has 0 bridgehead atoms. The van der Waals surface area contributed by atoms with Gasteiger partial charge < -0.3 is 15.4 Å². The molecule has 2 amide bonds. The second-order valence-electron chi connectivity index (χ2n) is 3.58. The van der Waals surface area contributed by atoms with Crippen LogP contribution in [0.4, 0.5) is 4.79 Å². The van der Waals surface area contributed by atoms with Crippen molar-refractivity contribution in [1.29, 1.82) is 0 Å². The smallest absolute Gasteiger partial charge is 0.315 e. The Kier molecular flexibility index (Phi) is 1.72. The maximum Gasteiger partial charge on any atom is 0.315 e. The normalized spacial score (nSPS) is 26.8. The van der Waals surface area contributed by atoms with E-state index in [1.165, 1.54) is 0 Å². The average molecular weight is 170 g/mol. The third kappa shape index (κ3) is 0.982. The van der Waals surface area contributed by atoms with E-state index < -0.39 is 0 Å². The molecule has 2 aliphatic heterocycles. The summed E-state index contributed by atoms with van der Waals surface area (Å²) < 4.78 is 5.25. The minimum absolute atomic E-state index is 0.0735. The van der Waals surface area contributed by atoms with Crippen molar-refractivity contribution in [3.63, 3.8) is 0 Å². The quantitative estimate of drug-likeness (QED) is 0.569. The first-order chi connectivity index (χ1) is 5.75. The summed E-state index contributed by atoms with van der Waals surface area (Å²) >= 11 is 0. The highest BCUT2D eigenvalue weighted by molar-refractivity contribution is 5.74. The van der Waals surface area contributed by atoms with E-state index in [9.17, 15) is 4.79 Å². The van der Waals surface area contributed by atoms with Gasteiger partial charge in [0.05, 0.1) is 5.54 Å². The van der Waals surface area contributed by atoms with E-state index in [1.54, 1.807) is 4.90 Å². The molecule has 0 saturated carbocycles. The molecule has 2 rings (SSSR count). The molecule has 12 heavy (non-hydrogen) atoms. The molecule has 0 aromatic rings. The van der Waals surface area contributed by atoms with Crippen LogP contribution in [0.15, 0.2) is 0 Å². The van der Waals surface area contributed by atoms with Gasteiger partial charge in [0.15, 0.2) is 0 Å². The van der Waals surface area contributed by atoms with E-state index in [0.717, 1.165) is 39.0 Å². The Morgan fingerprint density at radius 3 is 2.42 bits per heavy atom. The maximum absolute atomic E-state index is 11.0. The van der Waals surface area contributed by atoms with E-state index >= 15 is 0 Å². The number of nitrogens with two attached hydrogens (primary N) is 1. The predicted molar refractivity (Wildman–Crippen MR) is 43.7 cm³/mol. The molecule has 0 aromatic carbocycles. The third-order valence-corrected chi connectivity index (χ3v) is 3.06. The summed E-state index contributed by atoms with van der Waals surface area (Å²) in [5, 5.41) is 0. The fourth-order valence-electron chi connectivity index (χ4n) is 2.16. The van der Waals surface area contributed by atoms with Crippen molar-refractivity contribution >= 4 is 6.03 Å². The molecule has 1 spiro atoms. The van der Waals surface area contributed by atoms with Gasteiger partial charge in [-0.3, -0.25) is 0 Å². The number of rotatable bonds is 0. The zero-order valence-electron chi connectivity index (χ0n) is 7.08. The summed E-state index contributed by atoms with van der Waals surface area (Å²) in [6.45, 7) is 2.36. The van der Waals surface area contributed by atoms with Crippen LogP contribution < -0.4 is 5.73 Å². The third-order valence-electron chi connectivity index (χ3n) is 3.06. The lowest BCUT2D eigenvalue weighted by Gasteiger charge is -2.53. The SMILES string of the molecule is NC(=O)N1CCC12CCOCC2. The van der Waals surface area contributed by atoms with Crippen molar-refractivity contribution in [2.24, 2.45) is 5.73 Å². The number of amides is 2. The van der Waals surface area contributed by atoms with Crippen LogP contribution in [-0.4, -0.2) is 36.2 Å². The minimum Gasteiger partial charge on any atom is -0.381 e. The second kappa shape index (κ2) is 2.62. The summed E-state index contributed by atoms with van der Waals surface area (Å²) in [4.78, 5) is 12.7. The Bertz CT molecular complexity index is 199. The van der Waals surface area contributed by atoms with Crippen molar-refractivity contribution in [3.8, 4) is 0 Å². The number of nitrogens with zero attached hydrogens (tertiary/aromatic N) is 1. The van der Waals surface area contributed by atoms with Gasteiger partial charge >= 0.3 is 6.03 Å². The summed E-state index contributed by atoms with van der Waals surface area (Å²) in [6, 6.07) is -0.275. The van der Waals surface area contributed by atoms with Gasteiger partial charge in [0.1, 0.15) is 0 Å². The van der Waals surface area contributed by atoms with Crippen LogP contribution in [0.3, 0.4) is 0 Å². The molecule has 2 saturated heterocycles. The average Bonchev–Trinajstić information content (AvgIpc) is 2.03. The number of urea groups is 1. The fourth-order valence-corrected chi connectivity index (χ4v) is 2.16. The lowest BCUT2D eigenvalue weighted by atomic mass is 9.78. The first-order valence-corrected chi connectivity index (χ1v) is 4.39. The van der Waals surface area contributed by atoms with E-state index in [0.29, 0.717) is 0 Å². The standard InChI is InChI=1S/C8H14N2O2/c9-7(11)10-4-1-8(10)2-5-12-6-3-8/h1-6H2,(H2,9,11). The summed E-state index contributed by atoms with van der Waals surface area (Å²) in [7, 11) is 0. The van der Waals surface area contributed by atoms with Gasteiger partial charge in [-0.1, -0.05) is 0 Å². The summed E-state index contributed by atoms with van der Waals surface area (Å²) in [5.74, 6) is 0. The van der Waals surface area contributed by atoms with Gasteiger partial charge in [-0.25, -0.2) is 4.79 Å². The van der Waals surface area contributed by atoms with Gasteiger partial charge in [-0.05, 0) is 19.3 Å². The van der Waals surface area contributed by atoms with Crippen LogP contribution in [0.1, 0.15) is 19.3 Å². The zero-order valence-corrected chi connectivity index (χ0v) is 7.08. The van der Waals surface area contributed by atoms with Crippen molar-refractivity contribution in [2.75, 3.05) is 19.8 Å². The number of carbonyl (C=O) groups excluding carboxylic acids is 1. The second-order valence-corrected chi connectivity index (χ2v) is 3.58. The molecular weight excluding hydrogens is 156 g/mol. The Hall–Kier alpha value is -0.770. The van der Waals surface area contributed by atoms with Crippen LogP contribution >= 0.6 is 0 Å². The number of likely N-dealkylation sites (tertiary alicyclic amines) is 1. The molecule has 68 valence electrons. The molecule has 0 aliphatic carbocycles. The highest BCUT2D eigenvalue weighted by Crippen LogP contribution is 2.38. The lowest BCUT2D eigenvalue weighted by molar-refractivity contribution is -0.0610. The number of ether oxygens (including phenoxy) is 1. The van der Waals surface area contributed by atoms with Gasteiger partial charge in [0.2, 0.25) is 0 Å². The van der Waals surface area contributed by atoms with Crippen LogP contribution in [0, 0.1) is 0 Å². The molecule has 2 N–H and O–H groups in total. The first kappa shape index (κ1) is 7.86. The molecule has 2 heterocycles. The van der Waals surface area contributed by atoms with E-state index in [2.05, 4.69) is 0 Å². The molecule has 0 atom stereocenters. The van der Waals surface area contributed by atoms with Crippen molar-refractivity contribution in [1.82, 2.24) is 4.90 Å². The van der Waals surface area contributed by atoms with Crippen molar-refractivity contribution < 1.29 is 9.53 Å². The predicted octanol–water partition coefficient (Wildman–Crippen LogP) is 0.320. The number of hydrogen-bond donors (Lipinski definition) is 1. The van der Waals surface area contributed by atoms with Gasteiger partial charge in [0.25, 0.3) is 0 Å². The van der Waals surface area contributed by atoms with Crippen LogP contribution in [0.5, 0.6) is 0 Å². The van der Waals surface area contributed by atoms with E-state index in [-0.39, 0.29) is 11.6 Å². The first-order valence-electron chi connectivity index (χ1n) is 4.39. The Morgan fingerprint density at radius 2 is 2.00 bits per heavy atom. The van der Waals surface area contributed by atoms with Crippen LogP contribution in [0.25, 0.3) is 0 Å². The molecule has 0 unspecified atom stereocenters. The largest absolute Gasteiger partial charge is 0.381 e. The number of carbonyl (C=O) groups is 1. The molecule has 4 heteroatoms. The maximum atomic E-state index is 11.0. The Labute approximate surface area is 71.7 Å². The molecule has 4 nitrogen and oxygen atoms in total. The van der Waals surface area contributed by atoms with Gasteiger partial charge in [-0.15, -0.1) is 0 Å². The van der Waals surface area contributed by atoms with Crippen molar-refractivity contribution in [2.45, 2.75) is 24.8 Å². The molecule has 0 radical (unpaired) electrons. The highest BCUT2D eigenvalue weighted by atomic mass is 16.5. The zero-order chi connectivity index (χ0) is 8.60. The molecule has 0 aromatic heterocycles. The Balaban J connectivity index is 2.05. The topological polar surface area (TPSA) is 55.6 Å². The van der Waals surface area contributed by atoms with Crippen molar-refractivity contribution in [3.05, 3.63) is 0 Å². The fraction of sp³-hybridized carbons (Fsp3) is 0.875.